The van der Waals surface area contributed by atoms with Gasteiger partial charge in [-0.15, -0.1) is 0 Å². The number of hydrogen-bond donors (Lipinski definition) is 2. The summed E-state index contributed by atoms with van der Waals surface area (Å²) in [6.45, 7) is 10.6. The molecule has 0 aromatic heterocycles. The van der Waals surface area contributed by atoms with Crippen molar-refractivity contribution in [3.63, 3.8) is 0 Å². The maximum atomic E-state index is 12.6. The summed E-state index contributed by atoms with van der Waals surface area (Å²) in [6, 6.07) is 6.51. The molecule has 1 saturated heterocycles. The molecule has 1 aromatic carbocycles. The molecule has 1 aliphatic heterocycles. The zero-order valence-electron chi connectivity index (χ0n) is 17.6. The van der Waals surface area contributed by atoms with Crippen molar-refractivity contribution in [3.8, 4) is 0 Å². The Morgan fingerprint density at radius 3 is 2.45 bits per heavy atom. The van der Waals surface area contributed by atoms with E-state index in [1.54, 1.807) is 30.9 Å². The molecule has 158 valence electrons. The largest absolute Gasteiger partial charge is 0.463 e. The van der Waals surface area contributed by atoms with Gasteiger partial charge in [-0.1, -0.05) is 32.9 Å². The molecule has 0 spiro atoms. The number of amides is 2. The first kappa shape index (κ1) is 22.8. The van der Waals surface area contributed by atoms with Crippen LogP contribution in [0.4, 0.5) is 0 Å². The van der Waals surface area contributed by atoms with E-state index in [9.17, 15) is 14.4 Å². The third-order valence-electron chi connectivity index (χ3n) is 4.55. The number of carbonyl (C=O) groups excluding carboxylic acids is 3. The molecule has 0 radical (unpaired) electrons. The van der Waals surface area contributed by atoms with Crippen LogP contribution in [0.5, 0.6) is 0 Å². The van der Waals surface area contributed by atoms with Gasteiger partial charge in [-0.05, 0) is 49.2 Å². The summed E-state index contributed by atoms with van der Waals surface area (Å²) >= 11 is 5.37. The van der Waals surface area contributed by atoms with Crippen molar-refractivity contribution in [2.24, 2.45) is 0 Å². The number of hydrogen-bond acceptors (Lipinski definition) is 5. The quantitative estimate of drug-likeness (QED) is 0.574. The Kier molecular flexibility index (Phi) is 7.35. The first-order valence-corrected chi connectivity index (χ1v) is 10.1. The maximum absolute atomic E-state index is 12.6. The van der Waals surface area contributed by atoms with Gasteiger partial charge in [0.1, 0.15) is 6.04 Å². The van der Waals surface area contributed by atoms with Crippen LogP contribution in [0.25, 0.3) is 0 Å². The Bertz CT molecular complexity index is 784. The van der Waals surface area contributed by atoms with Gasteiger partial charge in [0.15, 0.2) is 5.11 Å². The molecule has 29 heavy (non-hydrogen) atoms. The van der Waals surface area contributed by atoms with Crippen LogP contribution in [-0.2, 0) is 19.7 Å². The third kappa shape index (κ3) is 6.25. The number of benzene rings is 1. The minimum atomic E-state index is -0.814. The number of thiocarbonyl (C=S) groups is 1. The maximum Gasteiger partial charge on any atom is 0.308 e. The molecule has 8 heteroatoms. The van der Waals surface area contributed by atoms with Crippen molar-refractivity contribution in [1.29, 1.82) is 0 Å². The number of rotatable bonds is 4. The number of carbonyl (C=O) groups is 3. The van der Waals surface area contributed by atoms with Gasteiger partial charge >= 0.3 is 5.97 Å². The van der Waals surface area contributed by atoms with E-state index in [2.05, 4.69) is 31.4 Å². The van der Waals surface area contributed by atoms with Crippen molar-refractivity contribution in [3.05, 3.63) is 35.4 Å². The van der Waals surface area contributed by atoms with Gasteiger partial charge in [-0.25, -0.2) is 0 Å². The lowest BCUT2D eigenvalue weighted by atomic mass is 9.87. The average molecular weight is 420 g/mol. The zero-order chi connectivity index (χ0) is 21.8. The van der Waals surface area contributed by atoms with E-state index in [4.69, 9.17) is 17.0 Å². The van der Waals surface area contributed by atoms with E-state index in [-0.39, 0.29) is 34.9 Å². The second-order valence-electron chi connectivity index (χ2n) is 8.33. The highest BCUT2D eigenvalue weighted by molar-refractivity contribution is 7.80. The van der Waals surface area contributed by atoms with Gasteiger partial charge in [0.2, 0.25) is 5.91 Å². The van der Waals surface area contributed by atoms with Crippen LogP contribution in [0, 0.1) is 0 Å². The molecule has 2 rings (SSSR count). The van der Waals surface area contributed by atoms with Crippen molar-refractivity contribution in [1.82, 2.24) is 15.5 Å². The van der Waals surface area contributed by atoms with Gasteiger partial charge in [-0.3, -0.25) is 19.7 Å². The predicted molar refractivity (Wildman–Crippen MR) is 115 cm³/mol. The summed E-state index contributed by atoms with van der Waals surface area (Å²) in [6.07, 6.45) is -0.411. The van der Waals surface area contributed by atoms with Gasteiger partial charge in [0.05, 0.1) is 12.5 Å². The molecule has 0 aliphatic carbocycles. The molecule has 0 saturated carbocycles. The third-order valence-corrected chi connectivity index (χ3v) is 4.89. The summed E-state index contributed by atoms with van der Waals surface area (Å²) in [7, 11) is 0. The molecule has 1 aliphatic rings. The van der Waals surface area contributed by atoms with Gasteiger partial charge < -0.3 is 15.0 Å². The number of piperazine rings is 1. The standard InChI is InChI=1S/C21H29N3O4S/c1-13(2)28-17(25)12-16-19(27)22-10-11-24(16)20(29)23-18(26)14-6-8-15(9-7-14)21(3,4)5/h6-9,13,16H,10-12H2,1-5H3,(H,22,27)(H,23,26,29)/t16-/m0/s1. The summed E-state index contributed by atoms with van der Waals surface area (Å²) < 4.78 is 5.14. The van der Waals surface area contributed by atoms with Crippen molar-refractivity contribution in [2.45, 2.75) is 58.6 Å². The Balaban J connectivity index is 2.07. The number of esters is 1. The fourth-order valence-corrected chi connectivity index (χ4v) is 3.30. The topological polar surface area (TPSA) is 87.7 Å². The summed E-state index contributed by atoms with van der Waals surface area (Å²) in [5.74, 6) is -1.16. The Morgan fingerprint density at radius 1 is 1.28 bits per heavy atom. The lowest BCUT2D eigenvalue weighted by molar-refractivity contribution is -0.150. The Labute approximate surface area is 177 Å². The van der Waals surface area contributed by atoms with Crippen LogP contribution in [0.1, 0.15) is 57.0 Å². The van der Waals surface area contributed by atoms with E-state index in [0.717, 1.165) is 5.56 Å². The second-order valence-corrected chi connectivity index (χ2v) is 8.72. The van der Waals surface area contributed by atoms with Crippen LogP contribution in [-0.4, -0.2) is 53.0 Å². The lowest BCUT2D eigenvalue weighted by Gasteiger charge is -2.36. The van der Waals surface area contributed by atoms with Crippen LogP contribution in [0.15, 0.2) is 24.3 Å². The van der Waals surface area contributed by atoms with Crippen molar-refractivity contribution >= 4 is 35.1 Å². The molecular weight excluding hydrogens is 390 g/mol. The van der Waals surface area contributed by atoms with Gasteiger partial charge in [0.25, 0.3) is 5.91 Å². The van der Waals surface area contributed by atoms with E-state index in [0.29, 0.717) is 18.7 Å². The van der Waals surface area contributed by atoms with Crippen molar-refractivity contribution in [2.75, 3.05) is 13.1 Å². The highest BCUT2D eigenvalue weighted by Gasteiger charge is 2.34. The average Bonchev–Trinajstić information content (AvgIpc) is 2.62. The van der Waals surface area contributed by atoms with Crippen LogP contribution < -0.4 is 10.6 Å². The van der Waals surface area contributed by atoms with E-state index < -0.39 is 12.0 Å². The molecular formula is C21H29N3O4S. The minimum Gasteiger partial charge on any atom is -0.463 e. The minimum absolute atomic E-state index is 0.0106. The van der Waals surface area contributed by atoms with Crippen LogP contribution >= 0.6 is 12.2 Å². The Hall–Kier alpha value is -2.48. The molecule has 1 heterocycles. The zero-order valence-corrected chi connectivity index (χ0v) is 18.4. The van der Waals surface area contributed by atoms with Gasteiger partial charge in [-0.2, -0.15) is 0 Å². The van der Waals surface area contributed by atoms with Crippen molar-refractivity contribution < 1.29 is 19.1 Å². The fraction of sp³-hybridized carbons (Fsp3) is 0.524. The molecule has 7 nitrogen and oxygen atoms in total. The molecule has 1 fully saturated rings. The number of nitrogens with one attached hydrogen (secondary N) is 2. The molecule has 0 unspecified atom stereocenters. The van der Waals surface area contributed by atoms with Gasteiger partial charge in [0, 0.05) is 18.7 Å². The van der Waals surface area contributed by atoms with Crippen LogP contribution in [0.2, 0.25) is 0 Å². The summed E-state index contributed by atoms with van der Waals surface area (Å²) in [4.78, 5) is 38.5. The molecule has 1 atom stereocenters. The normalized spacial score (nSPS) is 17.0. The summed E-state index contributed by atoms with van der Waals surface area (Å²) in [5.41, 5.74) is 1.58. The smallest absolute Gasteiger partial charge is 0.308 e. The second kappa shape index (κ2) is 9.35. The molecule has 2 N–H and O–H groups in total. The number of ether oxygens (including phenoxy) is 1. The van der Waals surface area contributed by atoms with E-state index in [1.807, 2.05) is 12.1 Å². The molecule has 2 amide bonds. The molecule has 0 bridgehead atoms. The highest BCUT2D eigenvalue weighted by Crippen LogP contribution is 2.22. The first-order valence-electron chi connectivity index (χ1n) is 9.68. The predicted octanol–water partition coefficient (Wildman–Crippen LogP) is 2.14. The summed E-state index contributed by atoms with van der Waals surface area (Å²) in [5, 5.41) is 5.51. The van der Waals surface area contributed by atoms with E-state index in [1.165, 1.54) is 0 Å². The SMILES string of the molecule is CC(C)OC(=O)C[C@H]1C(=O)NCCN1C(=S)NC(=O)c1ccc(C(C)(C)C)cc1. The monoisotopic (exact) mass is 419 g/mol. The highest BCUT2D eigenvalue weighted by atomic mass is 32.1. The lowest BCUT2D eigenvalue weighted by Crippen LogP contribution is -2.60. The first-order chi connectivity index (χ1) is 13.5. The molecule has 1 aromatic rings. The van der Waals surface area contributed by atoms with E-state index >= 15 is 0 Å². The fourth-order valence-electron chi connectivity index (χ4n) is 2.99. The van der Waals surface area contributed by atoms with Crippen LogP contribution in [0.3, 0.4) is 0 Å². The number of nitrogens with zero attached hydrogens (tertiary/aromatic N) is 1. The Morgan fingerprint density at radius 2 is 1.90 bits per heavy atom.